The maximum atomic E-state index is 13.1. The molecule has 1 fully saturated rings. The molecular weight excluding hydrogens is 443 g/mol. The standard InChI is InChI=1S/C28H25FN4O2/c29-23-10-6-21(7-11-23)20-27(34)32-16-18-33(19-17-32)28-30-15-14-26(31-28)22-8-12-25(13-9-22)35-24-4-2-1-3-5-24/h1-15H,16-20H2. The van der Waals surface area contributed by atoms with Crippen molar-refractivity contribution in [2.24, 2.45) is 0 Å². The van der Waals surface area contributed by atoms with Gasteiger partial charge < -0.3 is 14.5 Å². The monoisotopic (exact) mass is 468 g/mol. The summed E-state index contributed by atoms with van der Waals surface area (Å²) in [5.41, 5.74) is 2.62. The molecule has 0 N–H and O–H groups in total. The van der Waals surface area contributed by atoms with Crippen LogP contribution >= 0.6 is 0 Å². The van der Waals surface area contributed by atoms with Crippen LogP contribution in [0.15, 0.2) is 91.1 Å². The number of carbonyl (C=O) groups excluding carboxylic acids is 1. The Bertz CT molecular complexity index is 1270. The molecule has 3 aromatic carbocycles. The van der Waals surface area contributed by atoms with Crippen molar-refractivity contribution in [2.45, 2.75) is 6.42 Å². The van der Waals surface area contributed by atoms with E-state index in [1.54, 1.807) is 18.3 Å². The molecule has 1 aromatic heterocycles. The molecule has 0 unspecified atom stereocenters. The van der Waals surface area contributed by atoms with Crippen LogP contribution in [0.3, 0.4) is 0 Å². The third-order valence-corrected chi connectivity index (χ3v) is 5.96. The second kappa shape index (κ2) is 10.3. The fourth-order valence-corrected chi connectivity index (χ4v) is 4.02. The van der Waals surface area contributed by atoms with E-state index in [1.807, 2.05) is 65.6 Å². The lowest BCUT2D eigenvalue weighted by Crippen LogP contribution is -2.49. The molecule has 35 heavy (non-hydrogen) atoms. The number of carbonyl (C=O) groups is 1. The normalized spacial score (nSPS) is 13.5. The summed E-state index contributed by atoms with van der Waals surface area (Å²) in [6.45, 7) is 2.50. The van der Waals surface area contributed by atoms with E-state index < -0.39 is 0 Å². The van der Waals surface area contributed by atoms with Gasteiger partial charge in [-0.2, -0.15) is 0 Å². The predicted octanol–water partition coefficient (Wildman–Crippen LogP) is 4.97. The largest absolute Gasteiger partial charge is 0.457 e. The van der Waals surface area contributed by atoms with Crippen molar-refractivity contribution < 1.29 is 13.9 Å². The van der Waals surface area contributed by atoms with Crippen LogP contribution in [0.2, 0.25) is 0 Å². The van der Waals surface area contributed by atoms with Crippen molar-refractivity contribution in [3.8, 4) is 22.8 Å². The molecule has 7 heteroatoms. The van der Waals surface area contributed by atoms with Crippen molar-refractivity contribution in [3.05, 3.63) is 103 Å². The molecule has 176 valence electrons. The molecule has 0 aliphatic carbocycles. The first-order valence-corrected chi connectivity index (χ1v) is 11.6. The van der Waals surface area contributed by atoms with Gasteiger partial charge in [0, 0.05) is 37.9 Å². The number of aromatic nitrogens is 2. The second-order valence-corrected chi connectivity index (χ2v) is 8.35. The second-order valence-electron chi connectivity index (χ2n) is 8.35. The molecule has 0 saturated carbocycles. The molecule has 1 aliphatic heterocycles. The quantitative estimate of drug-likeness (QED) is 0.400. The molecular formula is C28H25FN4O2. The first kappa shape index (κ1) is 22.5. The predicted molar refractivity (Wildman–Crippen MR) is 133 cm³/mol. The third kappa shape index (κ3) is 5.63. The van der Waals surface area contributed by atoms with Crippen molar-refractivity contribution in [1.29, 1.82) is 0 Å². The summed E-state index contributed by atoms with van der Waals surface area (Å²) in [5.74, 6) is 1.95. The summed E-state index contributed by atoms with van der Waals surface area (Å²) in [7, 11) is 0. The average molecular weight is 469 g/mol. The summed E-state index contributed by atoms with van der Waals surface area (Å²) in [4.78, 5) is 25.8. The Labute approximate surface area is 203 Å². The van der Waals surface area contributed by atoms with Crippen LogP contribution in [-0.2, 0) is 11.2 Å². The summed E-state index contributed by atoms with van der Waals surface area (Å²) >= 11 is 0. The lowest BCUT2D eigenvalue weighted by Gasteiger charge is -2.35. The zero-order chi connectivity index (χ0) is 24.0. The highest BCUT2D eigenvalue weighted by molar-refractivity contribution is 5.79. The lowest BCUT2D eigenvalue weighted by molar-refractivity contribution is -0.130. The maximum absolute atomic E-state index is 13.1. The van der Waals surface area contributed by atoms with E-state index in [9.17, 15) is 9.18 Å². The number of anilines is 1. The van der Waals surface area contributed by atoms with Crippen LogP contribution in [0, 0.1) is 5.82 Å². The summed E-state index contributed by atoms with van der Waals surface area (Å²) in [6.07, 6.45) is 2.04. The highest BCUT2D eigenvalue weighted by Gasteiger charge is 2.23. The number of rotatable bonds is 6. The maximum Gasteiger partial charge on any atom is 0.227 e. The van der Waals surface area contributed by atoms with Gasteiger partial charge in [-0.15, -0.1) is 0 Å². The minimum Gasteiger partial charge on any atom is -0.457 e. The van der Waals surface area contributed by atoms with Crippen molar-refractivity contribution >= 4 is 11.9 Å². The van der Waals surface area contributed by atoms with E-state index in [2.05, 4.69) is 9.88 Å². The van der Waals surface area contributed by atoms with Gasteiger partial charge in [-0.1, -0.05) is 30.3 Å². The van der Waals surface area contributed by atoms with E-state index >= 15 is 0 Å². The zero-order valence-corrected chi connectivity index (χ0v) is 19.2. The molecule has 0 radical (unpaired) electrons. The minimum atomic E-state index is -0.298. The summed E-state index contributed by atoms with van der Waals surface area (Å²) in [6, 6.07) is 25.4. The molecule has 0 atom stereocenters. The van der Waals surface area contributed by atoms with Crippen LogP contribution in [-0.4, -0.2) is 47.0 Å². The number of amides is 1. The van der Waals surface area contributed by atoms with Gasteiger partial charge in [0.25, 0.3) is 0 Å². The van der Waals surface area contributed by atoms with Crippen LogP contribution in [0.4, 0.5) is 10.3 Å². The first-order valence-electron chi connectivity index (χ1n) is 11.6. The fraction of sp³-hybridized carbons (Fsp3) is 0.179. The Kier molecular flexibility index (Phi) is 6.66. The highest BCUT2D eigenvalue weighted by Crippen LogP contribution is 2.25. The number of hydrogen-bond donors (Lipinski definition) is 0. The van der Waals surface area contributed by atoms with Gasteiger partial charge in [-0.05, 0) is 60.2 Å². The van der Waals surface area contributed by atoms with E-state index in [0.717, 1.165) is 28.3 Å². The molecule has 2 heterocycles. The molecule has 0 bridgehead atoms. The molecule has 4 aromatic rings. The van der Waals surface area contributed by atoms with E-state index in [0.29, 0.717) is 32.1 Å². The first-order chi connectivity index (χ1) is 17.1. The number of piperazine rings is 1. The zero-order valence-electron chi connectivity index (χ0n) is 19.2. The van der Waals surface area contributed by atoms with Gasteiger partial charge in [0.1, 0.15) is 17.3 Å². The molecule has 1 aliphatic rings. The van der Waals surface area contributed by atoms with Crippen molar-refractivity contribution in [3.63, 3.8) is 0 Å². The molecule has 1 saturated heterocycles. The summed E-state index contributed by atoms with van der Waals surface area (Å²) < 4.78 is 19.0. The van der Waals surface area contributed by atoms with Crippen molar-refractivity contribution in [2.75, 3.05) is 31.1 Å². The van der Waals surface area contributed by atoms with Crippen LogP contribution in [0.25, 0.3) is 11.3 Å². The van der Waals surface area contributed by atoms with Gasteiger partial charge in [0.2, 0.25) is 11.9 Å². The van der Waals surface area contributed by atoms with E-state index in [1.165, 1.54) is 12.1 Å². The number of nitrogens with zero attached hydrogens (tertiary/aromatic N) is 4. The van der Waals surface area contributed by atoms with Gasteiger partial charge in [-0.3, -0.25) is 4.79 Å². The average Bonchev–Trinajstić information content (AvgIpc) is 2.91. The summed E-state index contributed by atoms with van der Waals surface area (Å²) in [5, 5.41) is 0. The third-order valence-electron chi connectivity index (χ3n) is 5.96. The van der Waals surface area contributed by atoms with Gasteiger partial charge >= 0.3 is 0 Å². The van der Waals surface area contributed by atoms with Gasteiger partial charge in [-0.25, -0.2) is 14.4 Å². The Morgan fingerprint density at radius 3 is 2.23 bits per heavy atom. The van der Waals surface area contributed by atoms with Crippen LogP contribution in [0.5, 0.6) is 11.5 Å². The van der Waals surface area contributed by atoms with Gasteiger partial charge in [0.15, 0.2) is 0 Å². The number of para-hydroxylation sites is 1. The Hall–Kier alpha value is -4.26. The minimum absolute atomic E-state index is 0.0451. The number of benzene rings is 3. The molecule has 5 rings (SSSR count). The van der Waals surface area contributed by atoms with E-state index in [4.69, 9.17) is 9.72 Å². The van der Waals surface area contributed by atoms with Crippen LogP contribution in [0.1, 0.15) is 5.56 Å². The van der Waals surface area contributed by atoms with E-state index in [-0.39, 0.29) is 18.1 Å². The SMILES string of the molecule is O=C(Cc1ccc(F)cc1)N1CCN(c2nccc(-c3ccc(Oc4ccccc4)cc3)n2)CC1. The van der Waals surface area contributed by atoms with Crippen LogP contribution < -0.4 is 9.64 Å². The molecule has 1 amide bonds. The Morgan fingerprint density at radius 1 is 0.829 bits per heavy atom. The number of halogens is 1. The number of ether oxygens (including phenoxy) is 1. The Balaban J connectivity index is 1.19. The Morgan fingerprint density at radius 2 is 1.51 bits per heavy atom. The topological polar surface area (TPSA) is 58.6 Å². The van der Waals surface area contributed by atoms with Crippen molar-refractivity contribution in [1.82, 2.24) is 14.9 Å². The lowest BCUT2D eigenvalue weighted by atomic mass is 10.1. The fourth-order valence-electron chi connectivity index (χ4n) is 4.02. The van der Waals surface area contributed by atoms with Gasteiger partial charge in [0.05, 0.1) is 12.1 Å². The highest BCUT2D eigenvalue weighted by atomic mass is 19.1. The number of hydrogen-bond acceptors (Lipinski definition) is 5. The molecule has 6 nitrogen and oxygen atoms in total. The molecule has 0 spiro atoms. The smallest absolute Gasteiger partial charge is 0.227 e.